The Balaban J connectivity index is 1.66. The maximum atomic E-state index is 12.4. The maximum absolute atomic E-state index is 12.4. The smallest absolute Gasteiger partial charge is 0.253 e. The monoisotopic (exact) mass is 277 g/mol. The van der Waals surface area contributed by atoms with Crippen LogP contribution >= 0.6 is 11.8 Å². The first-order valence-electron chi connectivity index (χ1n) is 6.82. The third kappa shape index (κ3) is 2.65. The first-order valence-corrected chi connectivity index (χ1v) is 7.81. The molecule has 2 aliphatic heterocycles. The van der Waals surface area contributed by atoms with Crippen molar-refractivity contribution in [1.82, 2.24) is 4.90 Å². The van der Waals surface area contributed by atoms with Gasteiger partial charge < -0.3 is 9.64 Å². The van der Waals surface area contributed by atoms with Gasteiger partial charge in [0.1, 0.15) is 4.93 Å². The van der Waals surface area contributed by atoms with Crippen LogP contribution in [0.5, 0.6) is 0 Å². The van der Waals surface area contributed by atoms with Crippen molar-refractivity contribution in [2.45, 2.75) is 24.7 Å². The number of carbonyl (C=O) groups excluding carboxylic acids is 1. The number of piperidine rings is 1. The molecule has 1 spiro atoms. The molecule has 4 heteroatoms. The molecule has 0 atom stereocenters. The Hall–Kier alpha value is -1.00. The molecular formula is C15H19NO2S. The number of nitrogens with zero attached hydrogens (tertiary/aromatic N) is 1. The van der Waals surface area contributed by atoms with E-state index in [9.17, 15) is 4.79 Å². The van der Waals surface area contributed by atoms with Gasteiger partial charge in [0.05, 0.1) is 6.61 Å². The fraction of sp³-hybridized carbons (Fsp3) is 0.533. The van der Waals surface area contributed by atoms with Gasteiger partial charge in [-0.05, 0) is 19.1 Å². The van der Waals surface area contributed by atoms with Gasteiger partial charge in [0, 0.05) is 37.2 Å². The number of aryl methyl sites for hydroxylation is 1. The Labute approximate surface area is 118 Å². The second-order valence-electron chi connectivity index (χ2n) is 5.27. The fourth-order valence-electron chi connectivity index (χ4n) is 2.80. The first kappa shape index (κ1) is 13.0. The molecule has 0 N–H and O–H groups in total. The molecule has 102 valence electrons. The average Bonchev–Trinajstić information content (AvgIpc) is 2.87. The largest absolute Gasteiger partial charge is 0.363 e. The lowest BCUT2D eigenvalue weighted by molar-refractivity contribution is 0.00352. The number of hydrogen-bond acceptors (Lipinski definition) is 3. The Kier molecular flexibility index (Phi) is 3.54. The van der Waals surface area contributed by atoms with Crippen molar-refractivity contribution in [2.24, 2.45) is 0 Å². The van der Waals surface area contributed by atoms with Gasteiger partial charge in [0.2, 0.25) is 0 Å². The summed E-state index contributed by atoms with van der Waals surface area (Å²) in [4.78, 5) is 14.4. The first-order chi connectivity index (χ1) is 9.19. The van der Waals surface area contributed by atoms with Gasteiger partial charge in [-0.15, -0.1) is 11.8 Å². The number of thioether (sulfide) groups is 1. The average molecular weight is 277 g/mol. The van der Waals surface area contributed by atoms with Crippen LogP contribution in [0.2, 0.25) is 0 Å². The van der Waals surface area contributed by atoms with Gasteiger partial charge in [-0.2, -0.15) is 0 Å². The molecule has 0 radical (unpaired) electrons. The van der Waals surface area contributed by atoms with Gasteiger partial charge in [0.25, 0.3) is 5.91 Å². The second kappa shape index (κ2) is 5.17. The van der Waals surface area contributed by atoms with Crippen LogP contribution in [0.25, 0.3) is 0 Å². The Morgan fingerprint density at radius 1 is 1.37 bits per heavy atom. The highest BCUT2D eigenvalue weighted by Crippen LogP contribution is 2.41. The number of amides is 1. The zero-order valence-electron chi connectivity index (χ0n) is 11.2. The van der Waals surface area contributed by atoms with Gasteiger partial charge in [-0.1, -0.05) is 17.7 Å². The maximum Gasteiger partial charge on any atom is 0.253 e. The molecule has 3 rings (SSSR count). The van der Waals surface area contributed by atoms with Crippen molar-refractivity contribution in [3.63, 3.8) is 0 Å². The van der Waals surface area contributed by atoms with Crippen molar-refractivity contribution < 1.29 is 9.53 Å². The Morgan fingerprint density at radius 3 is 2.79 bits per heavy atom. The summed E-state index contributed by atoms with van der Waals surface area (Å²) in [6.07, 6.45) is 1.91. The number of benzene rings is 1. The lowest BCUT2D eigenvalue weighted by Gasteiger charge is -2.37. The van der Waals surface area contributed by atoms with Crippen molar-refractivity contribution in [3.05, 3.63) is 35.4 Å². The zero-order chi connectivity index (χ0) is 13.3. The molecule has 2 heterocycles. The second-order valence-corrected chi connectivity index (χ2v) is 6.71. The minimum atomic E-state index is 0.00336. The van der Waals surface area contributed by atoms with E-state index in [2.05, 4.69) is 0 Å². The summed E-state index contributed by atoms with van der Waals surface area (Å²) < 4.78 is 5.86. The van der Waals surface area contributed by atoms with E-state index in [1.807, 2.05) is 47.9 Å². The summed E-state index contributed by atoms with van der Waals surface area (Å²) in [5.41, 5.74) is 1.94. The number of rotatable bonds is 1. The van der Waals surface area contributed by atoms with Crippen molar-refractivity contribution in [3.8, 4) is 0 Å². The zero-order valence-corrected chi connectivity index (χ0v) is 12.0. The van der Waals surface area contributed by atoms with E-state index in [0.29, 0.717) is 0 Å². The molecule has 2 fully saturated rings. The van der Waals surface area contributed by atoms with E-state index < -0.39 is 0 Å². The van der Waals surface area contributed by atoms with Crippen LogP contribution in [0.4, 0.5) is 0 Å². The number of carbonyl (C=O) groups is 1. The van der Waals surface area contributed by atoms with Crippen molar-refractivity contribution in [2.75, 3.05) is 25.4 Å². The van der Waals surface area contributed by atoms with Crippen LogP contribution < -0.4 is 0 Å². The standard InChI is InChI=1S/C15H19NO2S/c1-12-3-2-4-13(11-12)14(17)16-7-5-15(6-8-16)18-9-10-19-15/h2-4,11H,5-10H2,1H3. The molecule has 0 aromatic heterocycles. The normalized spacial score (nSPS) is 21.8. The molecule has 19 heavy (non-hydrogen) atoms. The van der Waals surface area contributed by atoms with E-state index in [0.717, 1.165) is 49.4 Å². The highest BCUT2D eigenvalue weighted by atomic mass is 32.2. The van der Waals surface area contributed by atoms with Gasteiger partial charge in [-0.3, -0.25) is 4.79 Å². The van der Waals surface area contributed by atoms with E-state index in [1.54, 1.807) is 0 Å². The van der Waals surface area contributed by atoms with Crippen LogP contribution in [-0.2, 0) is 4.74 Å². The number of likely N-dealkylation sites (tertiary alicyclic amines) is 1. The van der Waals surface area contributed by atoms with E-state index in [-0.39, 0.29) is 10.8 Å². The van der Waals surface area contributed by atoms with Crippen LogP contribution in [-0.4, -0.2) is 41.2 Å². The molecule has 1 aromatic carbocycles. The van der Waals surface area contributed by atoms with Crippen molar-refractivity contribution >= 4 is 17.7 Å². The molecule has 2 aliphatic rings. The van der Waals surface area contributed by atoms with Crippen LogP contribution in [0, 0.1) is 6.92 Å². The van der Waals surface area contributed by atoms with Gasteiger partial charge in [0.15, 0.2) is 0 Å². The van der Waals surface area contributed by atoms with E-state index in [4.69, 9.17) is 4.74 Å². The third-order valence-corrected chi connectivity index (χ3v) is 5.31. The summed E-state index contributed by atoms with van der Waals surface area (Å²) in [7, 11) is 0. The summed E-state index contributed by atoms with van der Waals surface area (Å²) in [5.74, 6) is 1.24. The number of ether oxygens (including phenoxy) is 1. The fourth-order valence-corrected chi connectivity index (χ4v) is 3.97. The molecule has 0 unspecified atom stereocenters. The summed E-state index contributed by atoms with van der Waals surface area (Å²) >= 11 is 1.92. The Bertz CT molecular complexity index is 473. The topological polar surface area (TPSA) is 29.5 Å². The molecule has 1 aromatic rings. The quantitative estimate of drug-likeness (QED) is 0.790. The lowest BCUT2D eigenvalue weighted by Crippen LogP contribution is -2.45. The van der Waals surface area contributed by atoms with Crippen LogP contribution in [0.15, 0.2) is 24.3 Å². The highest BCUT2D eigenvalue weighted by Gasteiger charge is 2.40. The highest BCUT2D eigenvalue weighted by molar-refractivity contribution is 8.00. The summed E-state index contributed by atoms with van der Waals surface area (Å²) in [5, 5.41) is 0. The molecule has 0 saturated carbocycles. The third-order valence-electron chi connectivity index (χ3n) is 3.89. The SMILES string of the molecule is Cc1cccc(C(=O)N2CCC3(CC2)OCCS3)c1. The van der Waals surface area contributed by atoms with Gasteiger partial charge >= 0.3 is 0 Å². The molecule has 3 nitrogen and oxygen atoms in total. The molecule has 0 aliphatic carbocycles. The lowest BCUT2D eigenvalue weighted by atomic mass is 10.0. The van der Waals surface area contributed by atoms with Gasteiger partial charge in [-0.25, -0.2) is 0 Å². The minimum Gasteiger partial charge on any atom is -0.363 e. The molecule has 0 bridgehead atoms. The summed E-state index contributed by atoms with van der Waals surface area (Å²) in [6.45, 7) is 4.49. The Morgan fingerprint density at radius 2 is 2.16 bits per heavy atom. The number of hydrogen-bond donors (Lipinski definition) is 0. The predicted molar refractivity (Wildman–Crippen MR) is 77.5 cm³/mol. The van der Waals surface area contributed by atoms with Crippen LogP contribution in [0.3, 0.4) is 0 Å². The van der Waals surface area contributed by atoms with Crippen molar-refractivity contribution in [1.29, 1.82) is 0 Å². The summed E-state index contributed by atoms with van der Waals surface area (Å²) in [6, 6.07) is 7.84. The predicted octanol–water partition coefficient (Wildman–Crippen LogP) is 2.69. The van der Waals surface area contributed by atoms with E-state index in [1.165, 1.54) is 0 Å². The molecular weight excluding hydrogens is 258 g/mol. The van der Waals surface area contributed by atoms with E-state index >= 15 is 0 Å². The minimum absolute atomic E-state index is 0.00336. The molecule has 1 amide bonds. The molecule has 2 saturated heterocycles. The van der Waals surface area contributed by atoms with Crippen LogP contribution in [0.1, 0.15) is 28.8 Å².